The van der Waals surface area contributed by atoms with E-state index >= 15 is 0 Å². The topological polar surface area (TPSA) is 105 Å². The summed E-state index contributed by atoms with van der Waals surface area (Å²) < 4.78 is 11.2. The molecule has 8 nitrogen and oxygen atoms in total. The number of carboxylic acids is 1. The van der Waals surface area contributed by atoms with Crippen molar-refractivity contribution in [2.45, 2.75) is 12.5 Å². The number of carbonyl (C=O) groups excluding carboxylic acids is 2. The van der Waals surface area contributed by atoms with E-state index in [1.807, 2.05) is 0 Å². The van der Waals surface area contributed by atoms with Crippen LogP contribution in [0, 0.1) is 0 Å². The summed E-state index contributed by atoms with van der Waals surface area (Å²) >= 11 is 9.33. The van der Waals surface area contributed by atoms with Crippen LogP contribution in [0.4, 0.5) is 4.79 Å². The lowest BCUT2D eigenvalue weighted by molar-refractivity contribution is -0.139. The first-order chi connectivity index (χ1) is 14.8. The van der Waals surface area contributed by atoms with E-state index in [2.05, 4.69) is 21.2 Å². The summed E-state index contributed by atoms with van der Waals surface area (Å²) in [6.07, 6.45) is -0.412. The quantitative estimate of drug-likeness (QED) is 0.616. The Bertz CT molecular complexity index is 963. The summed E-state index contributed by atoms with van der Waals surface area (Å²) in [5.74, 6) is -1.41. The lowest BCUT2D eigenvalue weighted by Gasteiger charge is -2.25. The molecular formula is C21H20BrClN2O6. The lowest BCUT2D eigenvalue weighted by atomic mass is 10.1. The summed E-state index contributed by atoms with van der Waals surface area (Å²) in [6.45, 7) is 1.89. The number of aliphatic carboxylic acids is 1. The molecule has 1 atom stereocenters. The monoisotopic (exact) mass is 510 g/mol. The van der Waals surface area contributed by atoms with Gasteiger partial charge in [-0.3, -0.25) is 4.79 Å². The van der Waals surface area contributed by atoms with Crippen molar-refractivity contribution < 1.29 is 29.0 Å². The van der Waals surface area contributed by atoms with E-state index in [0.717, 1.165) is 0 Å². The average molecular weight is 512 g/mol. The Morgan fingerprint density at radius 3 is 2.45 bits per heavy atom. The third-order valence-electron chi connectivity index (χ3n) is 4.62. The summed E-state index contributed by atoms with van der Waals surface area (Å²) in [5, 5.41) is 12.2. The van der Waals surface area contributed by atoms with Crippen molar-refractivity contribution in [1.82, 2.24) is 10.2 Å². The Hall–Kier alpha value is -2.62. The molecule has 31 heavy (non-hydrogen) atoms. The smallest absolute Gasteiger partial charge is 0.415 e. The van der Waals surface area contributed by atoms with Gasteiger partial charge in [0.25, 0.3) is 5.91 Å². The van der Waals surface area contributed by atoms with Gasteiger partial charge in [0.05, 0.1) is 23.8 Å². The largest absolute Gasteiger partial charge is 0.480 e. The molecule has 0 aliphatic carbocycles. The minimum Gasteiger partial charge on any atom is -0.480 e. The maximum absolute atomic E-state index is 12.5. The number of nitrogens with zero attached hydrogens (tertiary/aromatic N) is 1. The molecule has 164 valence electrons. The van der Waals surface area contributed by atoms with Gasteiger partial charge < -0.3 is 24.8 Å². The van der Waals surface area contributed by atoms with Gasteiger partial charge in [0.1, 0.15) is 11.8 Å². The van der Waals surface area contributed by atoms with E-state index in [9.17, 15) is 19.5 Å². The van der Waals surface area contributed by atoms with Gasteiger partial charge in [0, 0.05) is 24.0 Å². The maximum Gasteiger partial charge on any atom is 0.415 e. The molecule has 2 N–H and O–H groups in total. The molecule has 0 radical (unpaired) electrons. The minimum absolute atomic E-state index is 0.0485. The normalized spacial score (nSPS) is 14.6. The molecule has 0 bridgehead atoms. The van der Waals surface area contributed by atoms with Gasteiger partial charge in [-0.1, -0.05) is 39.7 Å². The molecule has 1 aliphatic heterocycles. The van der Waals surface area contributed by atoms with Crippen LogP contribution in [0.15, 0.2) is 46.9 Å². The Kier molecular flexibility index (Phi) is 7.89. The van der Waals surface area contributed by atoms with Crippen molar-refractivity contribution in [3.8, 4) is 5.75 Å². The Morgan fingerprint density at radius 2 is 1.84 bits per heavy atom. The number of hydrogen-bond donors (Lipinski definition) is 2. The number of morpholine rings is 1. The Labute approximate surface area is 192 Å². The highest BCUT2D eigenvalue weighted by Crippen LogP contribution is 2.22. The van der Waals surface area contributed by atoms with Crippen LogP contribution in [0.1, 0.15) is 15.9 Å². The van der Waals surface area contributed by atoms with Gasteiger partial charge in [-0.15, -0.1) is 0 Å². The molecule has 0 spiro atoms. The predicted molar refractivity (Wildman–Crippen MR) is 117 cm³/mol. The molecule has 1 aliphatic rings. The standard InChI is InChI=1S/C21H20BrClN2O6/c22-14-3-6-16(17(23)12-14)19(26)24-18(20(27)28)11-13-1-4-15(5-2-13)31-21(29)25-7-9-30-10-8-25/h1-6,12,18H,7-11H2,(H,24,26)(H,27,28)/t18-/m0/s1. The summed E-state index contributed by atoms with van der Waals surface area (Å²) in [5.41, 5.74) is 0.835. The molecule has 0 aromatic heterocycles. The molecule has 1 heterocycles. The van der Waals surface area contributed by atoms with Gasteiger partial charge in [-0.25, -0.2) is 9.59 Å². The molecule has 0 unspecified atom stereocenters. The minimum atomic E-state index is -1.18. The number of rotatable bonds is 6. The summed E-state index contributed by atoms with van der Waals surface area (Å²) in [6, 6.07) is 10.0. The van der Waals surface area contributed by atoms with Gasteiger partial charge >= 0.3 is 12.1 Å². The third-order valence-corrected chi connectivity index (χ3v) is 5.42. The third kappa shape index (κ3) is 6.43. The number of halogens is 2. The van der Waals surface area contributed by atoms with Crippen molar-refractivity contribution in [3.63, 3.8) is 0 Å². The predicted octanol–water partition coefficient (Wildman–Crippen LogP) is 3.36. The molecule has 2 aromatic rings. The van der Waals surface area contributed by atoms with Crippen molar-refractivity contribution in [2.75, 3.05) is 26.3 Å². The highest BCUT2D eigenvalue weighted by atomic mass is 79.9. The van der Waals surface area contributed by atoms with Crippen molar-refractivity contribution in [3.05, 3.63) is 63.1 Å². The van der Waals surface area contributed by atoms with Gasteiger partial charge in [-0.2, -0.15) is 0 Å². The highest BCUT2D eigenvalue weighted by Gasteiger charge is 2.23. The Morgan fingerprint density at radius 1 is 1.16 bits per heavy atom. The average Bonchev–Trinajstić information content (AvgIpc) is 2.75. The van der Waals surface area contributed by atoms with Gasteiger partial charge in [0.15, 0.2) is 0 Å². The zero-order chi connectivity index (χ0) is 22.4. The van der Waals surface area contributed by atoms with Crippen LogP contribution in [0.5, 0.6) is 5.75 Å². The number of benzene rings is 2. The highest BCUT2D eigenvalue weighted by molar-refractivity contribution is 9.10. The van der Waals surface area contributed by atoms with Gasteiger partial charge in [-0.05, 0) is 35.9 Å². The fraction of sp³-hybridized carbons (Fsp3) is 0.286. The number of amides is 2. The van der Waals surface area contributed by atoms with Crippen LogP contribution in [-0.4, -0.2) is 60.3 Å². The van der Waals surface area contributed by atoms with Crippen molar-refractivity contribution >= 4 is 45.5 Å². The fourth-order valence-electron chi connectivity index (χ4n) is 2.95. The second kappa shape index (κ2) is 10.6. The number of carboxylic acid groups (broad SMARTS) is 1. The lowest BCUT2D eigenvalue weighted by Crippen LogP contribution is -2.42. The van der Waals surface area contributed by atoms with E-state index in [4.69, 9.17) is 21.1 Å². The fourth-order valence-corrected chi connectivity index (χ4v) is 3.71. The van der Waals surface area contributed by atoms with E-state index in [0.29, 0.717) is 42.1 Å². The number of hydrogen-bond acceptors (Lipinski definition) is 5. The molecule has 0 saturated carbocycles. The molecule has 3 rings (SSSR count). The van der Waals surface area contributed by atoms with Gasteiger partial charge in [0.2, 0.25) is 0 Å². The first-order valence-electron chi connectivity index (χ1n) is 9.45. The van der Waals surface area contributed by atoms with E-state index in [1.165, 1.54) is 6.07 Å². The molecule has 10 heteroatoms. The number of nitrogens with one attached hydrogen (secondary N) is 1. The maximum atomic E-state index is 12.5. The van der Waals surface area contributed by atoms with E-state index in [1.54, 1.807) is 41.3 Å². The summed E-state index contributed by atoms with van der Waals surface area (Å²) in [7, 11) is 0. The summed E-state index contributed by atoms with van der Waals surface area (Å²) in [4.78, 5) is 37.8. The molecule has 2 amide bonds. The molecule has 2 aromatic carbocycles. The van der Waals surface area contributed by atoms with E-state index < -0.39 is 24.0 Å². The van der Waals surface area contributed by atoms with Crippen LogP contribution < -0.4 is 10.1 Å². The zero-order valence-electron chi connectivity index (χ0n) is 16.3. The van der Waals surface area contributed by atoms with Crippen LogP contribution in [-0.2, 0) is 16.0 Å². The van der Waals surface area contributed by atoms with Crippen LogP contribution in [0.2, 0.25) is 5.02 Å². The number of ether oxygens (including phenoxy) is 2. The number of carbonyl (C=O) groups is 3. The molecule has 1 fully saturated rings. The van der Waals surface area contributed by atoms with Crippen LogP contribution in [0.25, 0.3) is 0 Å². The zero-order valence-corrected chi connectivity index (χ0v) is 18.7. The Balaban J connectivity index is 1.61. The van der Waals surface area contributed by atoms with Crippen LogP contribution in [0.3, 0.4) is 0 Å². The van der Waals surface area contributed by atoms with Crippen molar-refractivity contribution in [1.29, 1.82) is 0 Å². The second-order valence-corrected chi connectivity index (χ2v) is 8.13. The SMILES string of the molecule is O=C(N[C@@H](Cc1ccc(OC(=O)N2CCOCC2)cc1)C(=O)O)c1ccc(Br)cc1Cl. The van der Waals surface area contributed by atoms with Crippen molar-refractivity contribution in [2.24, 2.45) is 0 Å². The molecular weight excluding hydrogens is 492 g/mol. The van der Waals surface area contributed by atoms with E-state index in [-0.39, 0.29) is 17.0 Å². The first kappa shape index (κ1) is 23.1. The first-order valence-corrected chi connectivity index (χ1v) is 10.6. The molecule has 1 saturated heterocycles. The van der Waals surface area contributed by atoms with Crippen LogP contribution >= 0.6 is 27.5 Å². The second-order valence-electron chi connectivity index (χ2n) is 6.80.